The molecule has 3 rings (SSSR count). The number of fused-ring (bicyclic) bond motifs is 1. The summed E-state index contributed by atoms with van der Waals surface area (Å²) in [4.78, 5) is 6.93. The van der Waals surface area contributed by atoms with Gasteiger partial charge in [-0.2, -0.15) is 0 Å². The number of rotatable bonds is 5. The number of pyridine rings is 1. The number of nitrogens with zero attached hydrogens (tertiary/aromatic N) is 2. The number of hydrogen-bond donors (Lipinski definition) is 2. The highest BCUT2D eigenvalue weighted by atomic mass is 16.3. The van der Waals surface area contributed by atoms with Crippen molar-refractivity contribution in [2.75, 3.05) is 18.1 Å². The summed E-state index contributed by atoms with van der Waals surface area (Å²) in [5.41, 5.74) is 2.83. The topological polar surface area (TPSA) is 56.6 Å². The normalized spacial score (nSPS) is 18.6. The molecule has 2 N–H and O–H groups in total. The lowest BCUT2D eigenvalue weighted by Crippen LogP contribution is -2.29. The first kappa shape index (κ1) is 14.3. The van der Waals surface area contributed by atoms with Crippen LogP contribution in [-0.4, -0.2) is 34.4 Å². The van der Waals surface area contributed by atoms with Crippen molar-refractivity contribution < 1.29 is 10.2 Å². The largest absolute Gasteiger partial charge is 0.396 e. The Bertz CT molecular complexity index is 615. The Morgan fingerprint density at radius 1 is 1.24 bits per heavy atom. The Kier molecular flexibility index (Phi) is 4.36. The minimum atomic E-state index is -0.0347. The summed E-state index contributed by atoms with van der Waals surface area (Å²) in [7, 11) is 0. The standard InChI is InChI=1S/C17H22N2O2/c20-10-4-6-14-5-3-9-19(14)17-11-13(12-21)18-16-8-2-1-7-15(16)17/h1-2,7-8,11,14,20-21H,3-6,9-10,12H2. The minimum absolute atomic E-state index is 0.0347. The lowest BCUT2D eigenvalue weighted by Gasteiger charge is -2.28. The summed E-state index contributed by atoms with van der Waals surface area (Å²) >= 11 is 0. The number of aliphatic hydroxyl groups excluding tert-OH is 2. The number of para-hydroxylation sites is 1. The van der Waals surface area contributed by atoms with Gasteiger partial charge in [0.2, 0.25) is 0 Å². The van der Waals surface area contributed by atoms with E-state index >= 15 is 0 Å². The van der Waals surface area contributed by atoms with Crippen molar-refractivity contribution >= 4 is 16.6 Å². The van der Waals surface area contributed by atoms with E-state index in [-0.39, 0.29) is 13.2 Å². The molecule has 2 aromatic rings. The number of anilines is 1. The van der Waals surface area contributed by atoms with Crippen molar-refractivity contribution in [2.45, 2.75) is 38.3 Å². The van der Waals surface area contributed by atoms with Crippen LogP contribution in [0.2, 0.25) is 0 Å². The number of aliphatic hydroxyl groups is 2. The van der Waals surface area contributed by atoms with Crippen LogP contribution in [0.15, 0.2) is 30.3 Å². The number of hydrogen-bond acceptors (Lipinski definition) is 4. The summed E-state index contributed by atoms with van der Waals surface area (Å²) in [6.45, 7) is 1.26. The van der Waals surface area contributed by atoms with Gasteiger partial charge < -0.3 is 15.1 Å². The highest BCUT2D eigenvalue weighted by molar-refractivity contribution is 5.92. The summed E-state index contributed by atoms with van der Waals surface area (Å²) in [5, 5.41) is 19.7. The van der Waals surface area contributed by atoms with Gasteiger partial charge in [0.1, 0.15) is 0 Å². The van der Waals surface area contributed by atoms with Crippen molar-refractivity contribution in [3.05, 3.63) is 36.0 Å². The predicted molar refractivity (Wildman–Crippen MR) is 84.4 cm³/mol. The third-order valence-electron chi connectivity index (χ3n) is 4.29. The van der Waals surface area contributed by atoms with Gasteiger partial charge in [-0.1, -0.05) is 18.2 Å². The van der Waals surface area contributed by atoms with E-state index < -0.39 is 0 Å². The van der Waals surface area contributed by atoms with E-state index in [0.717, 1.165) is 36.0 Å². The van der Waals surface area contributed by atoms with Crippen molar-refractivity contribution in [2.24, 2.45) is 0 Å². The van der Waals surface area contributed by atoms with E-state index in [1.807, 2.05) is 24.3 Å². The quantitative estimate of drug-likeness (QED) is 0.886. The highest BCUT2D eigenvalue weighted by Gasteiger charge is 2.26. The molecule has 0 bridgehead atoms. The van der Waals surface area contributed by atoms with Crippen LogP contribution in [0, 0.1) is 0 Å². The summed E-state index contributed by atoms with van der Waals surface area (Å²) < 4.78 is 0. The molecular formula is C17H22N2O2. The Morgan fingerprint density at radius 3 is 2.90 bits per heavy atom. The zero-order valence-electron chi connectivity index (χ0n) is 12.2. The average molecular weight is 286 g/mol. The van der Waals surface area contributed by atoms with Gasteiger partial charge in [0.05, 0.1) is 17.8 Å². The monoisotopic (exact) mass is 286 g/mol. The maximum absolute atomic E-state index is 9.46. The Labute approximate surface area is 125 Å². The second kappa shape index (κ2) is 6.41. The summed E-state index contributed by atoms with van der Waals surface area (Å²) in [6, 6.07) is 10.6. The second-order valence-corrected chi connectivity index (χ2v) is 5.66. The molecule has 1 aliphatic heterocycles. The van der Waals surface area contributed by atoms with Crippen molar-refractivity contribution in [3.8, 4) is 0 Å². The SMILES string of the molecule is OCCCC1CCCN1c1cc(CO)nc2ccccc12. The third kappa shape index (κ3) is 2.87. The van der Waals surface area contributed by atoms with Crippen LogP contribution in [0.5, 0.6) is 0 Å². The molecule has 21 heavy (non-hydrogen) atoms. The molecule has 4 heteroatoms. The molecule has 0 spiro atoms. The Hall–Kier alpha value is -1.65. The Morgan fingerprint density at radius 2 is 2.10 bits per heavy atom. The molecule has 1 aliphatic rings. The maximum atomic E-state index is 9.46. The van der Waals surface area contributed by atoms with Gasteiger partial charge in [0.25, 0.3) is 0 Å². The third-order valence-corrected chi connectivity index (χ3v) is 4.29. The lowest BCUT2D eigenvalue weighted by molar-refractivity contribution is 0.277. The molecule has 1 atom stereocenters. The van der Waals surface area contributed by atoms with Gasteiger partial charge in [-0.15, -0.1) is 0 Å². The Balaban J connectivity index is 2.01. The van der Waals surface area contributed by atoms with E-state index in [1.54, 1.807) is 0 Å². The van der Waals surface area contributed by atoms with E-state index in [4.69, 9.17) is 5.11 Å². The zero-order chi connectivity index (χ0) is 14.7. The van der Waals surface area contributed by atoms with Crippen molar-refractivity contribution in [1.29, 1.82) is 0 Å². The summed E-state index contributed by atoms with van der Waals surface area (Å²) in [5.74, 6) is 0. The second-order valence-electron chi connectivity index (χ2n) is 5.66. The van der Waals surface area contributed by atoms with Gasteiger partial charge in [-0.05, 0) is 37.8 Å². The zero-order valence-corrected chi connectivity index (χ0v) is 12.2. The molecule has 0 amide bonds. The molecule has 0 saturated carbocycles. The highest BCUT2D eigenvalue weighted by Crippen LogP contribution is 2.33. The lowest BCUT2D eigenvalue weighted by atomic mass is 10.1. The van der Waals surface area contributed by atoms with Gasteiger partial charge in [0.15, 0.2) is 0 Å². The molecule has 0 aliphatic carbocycles. The van der Waals surface area contributed by atoms with Crippen LogP contribution in [0.3, 0.4) is 0 Å². The predicted octanol–water partition coefficient (Wildman–Crippen LogP) is 2.47. The number of benzene rings is 1. The maximum Gasteiger partial charge on any atom is 0.0854 e. The molecule has 2 heterocycles. The fourth-order valence-electron chi connectivity index (χ4n) is 3.31. The fourth-order valence-corrected chi connectivity index (χ4v) is 3.31. The first-order valence-corrected chi connectivity index (χ1v) is 7.70. The molecule has 1 aromatic heterocycles. The molecule has 112 valence electrons. The van der Waals surface area contributed by atoms with Crippen LogP contribution in [-0.2, 0) is 6.61 Å². The molecular weight excluding hydrogens is 264 g/mol. The first-order chi connectivity index (χ1) is 10.3. The van der Waals surface area contributed by atoms with Gasteiger partial charge in [-0.25, -0.2) is 0 Å². The molecule has 0 radical (unpaired) electrons. The van der Waals surface area contributed by atoms with Crippen molar-refractivity contribution in [1.82, 2.24) is 4.98 Å². The summed E-state index contributed by atoms with van der Waals surface area (Å²) in [6.07, 6.45) is 4.21. The van der Waals surface area contributed by atoms with Gasteiger partial charge in [0, 0.05) is 30.3 Å². The minimum Gasteiger partial charge on any atom is -0.396 e. The average Bonchev–Trinajstić information content (AvgIpc) is 3.00. The van der Waals surface area contributed by atoms with Crippen molar-refractivity contribution in [3.63, 3.8) is 0 Å². The van der Waals surface area contributed by atoms with E-state index in [2.05, 4.69) is 16.0 Å². The molecule has 1 fully saturated rings. The van der Waals surface area contributed by atoms with Crippen LogP contribution in [0.4, 0.5) is 5.69 Å². The van der Waals surface area contributed by atoms with Crippen LogP contribution >= 0.6 is 0 Å². The first-order valence-electron chi connectivity index (χ1n) is 7.70. The smallest absolute Gasteiger partial charge is 0.0854 e. The molecule has 1 unspecified atom stereocenters. The number of aromatic nitrogens is 1. The van der Waals surface area contributed by atoms with Gasteiger partial charge >= 0.3 is 0 Å². The molecule has 1 saturated heterocycles. The fraction of sp³-hybridized carbons (Fsp3) is 0.471. The van der Waals surface area contributed by atoms with Crippen LogP contribution in [0.25, 0.3) is 10.9 Å². The van der Waals surface area contributed by atoms with E-state index in [0.29, 0.717) is 6.04 Å². The van der Waals surface area contributed by atoms with Gasteiger partial charge in [-0.3, -0.25) is 4.98 Å². The molecule has 1 aromatic carbocycles. The molecule has 4 nitrogen and oxygen atoms in total. The van der Waals surface area contributed by atoms with E-state index in [9.17, 15) is 5.11 Å². The van der Waals surface area contributed by atoms with Crippen LogP contribution in [0.1, 0.15) is 31.4 Å². The van der Waals surface area contributed by atoms with E-state index in [1.165, 1.54) is 18.5 Å². The van der Waals surface area contributed by atoms with Crippen LogP contribution < -0.4 is 4.90 Å².